The van der Waals surface area contributed by atoms with Gasteiger partial charge >= 0.3 is 0 Å². The fourth-order valence-electron chi connectivity index (χ4n) is 1.48. The minimum atomic E-state index is 0.780. The molecule has 0 aliphatic rings. The van der Waals surface area contributed by atoms with E-state index in [-0.39, 0.29) is 0 Å². The average molecular weight is 234 g/mol. The van der Waals surface area contributed by atoms with Crippen LogP contribution in [0.1, 0.15) is 11.9 Å². The SMILES string of the molecule is CCc1nc(-c2ccc(OC)cc2)c(N)s1. The predicted octanol–water partition coefficient (Wildman–Crippen LogP) is 2.96. The van der Waals surface area contributed by atoms with Gasteiger partial charge < -0.3 is 10.5 Å². The molecule has 0 radical (unpaired) electrons. The number of methoxy groups -OCH3 is 1. The minimum Gasteiger partial charge on any atom is -0.497 e. The van der Waals surface area contributed by atoms with Crippen LogP contribution in [0.15, 0.2) is 24.3 Å². The normalized spacial score (nSPS) is 10.4. The maximum atomic E-state index is 5.94. The first-order chi connectivity index (χ1) is 7.74. The molecule has 2 aromatic rings. The molecule has 0 saturated heterocycles. The Morgan fingerprint density at radius 1 is 1.31 bits per heavy atom. The van der Waals surface area contributed by atoms with Gasteiger partial charge in [0, 0.05) is 5.56 Å². The van der Waals surface area contributed by atoms with Gasteiger partial charge in [0.25, 0.3) is 0 Å². The van der Waals surface area contributed by atoms with E-state index in [1.807, 2.05) is 24.3 Å². The third-order valence-corrected chi connectivity index (χ3v) is 3.39. The van der Waals surface area contributed by atoms with E-state index in [0.29, 0.717) is 0 Å². The first-order valence-corrected chi connectivity index (χ1v) is 5.96. The molecule has 16 heavy (non-hydrogen) atoms. The number of aryl methyl sites for hydroxylation is 1. The molecule has 0 bridgehead atoms. The lowest BCUT2D eigenvalue weighted by Crippen LogP contribution is -1.87. The fraction of sp³-hybridized carbons (Fsp3) is 0.250. The van der Waals surface area contributed by atoms with Gasteiger partial charge in [0.1, 0.15) is 16.4 Å². The first kappa shape index (κ1) is 11.0. The summed E-state index contributed by atoms with van der Waals surface area (Å²) in [6.45, 7) is 2.08. The van der Waals surface area contributed by atoms with Crippen LogP contribution in [0.25, 0.3) is 11.3 Å². The van der Waals surface area contributed by atoms with Crippen molar-refractivity contribution in [1.29, 1.82) is 0 Å². The van der Waals surface area contributed by atoms with E-state index in [2.05, 4.69) is 11.9 Å². The largest absolute Gasteiger partial charge is 0.497 e. The number of benzene rings is 1. The van der Waals surface area contributed by atoms with E-state index in [0.717, 1.165) is 33.4 Å². The monoisotopic (exact) mass is 234 g/mol. The van der Waals surface area contributed by atoms with Crippen LogP contribution in [0.3, 0.4) is 0 Å². The standard InChI is InChI=1S/C12H14N2OS/c1-3-10-14-11(12(13)16-10)8-4-6-9(15-2)7-5-8/h4-7H,3,13H2,1-2H3. The highest BCUT2D eigenvalue weighted by Crippen LogP contribution is 2.31. The van der Waals surface area contributed by atoms with Crippen LogP contribution in [0.5, 0.6) is 5.75 Å². The molecule has 1 heterocycles. The second kappa shape index (κ2) is 4.53. The van der Waals surface area contributed by atoms with E-state index in [9.17, 15) is 0 Å². The summed E-state index contributed by atoms with van der Waals surface area (Å²) < 4.78 is 5.11. The lowest BCUT2D eigenvalue weighted by atomic mass is 10.1. The zero-order chi connectivity index (χ0) is 11.5. The molecule has 84 valence electrons. The van der Waals surface area contributed by atoms with Crippen molar-refractivity contribution < 1.29 is 4.74 Å². The Morgan fingerprint density at radius 3 is 2.50 bits per heavy atom. The van der Waals surface area contributed by atoms with E-state index in [1.54, 1.807) is 18.4 Å². The number of hydrogen-bond acceptors (Lipinski definition) is 4. The molecule has 2 rings (SSSR count). The number of nitrogens with two attached hydrogens (primary N) is 1. The van der Waals surface area contributed by atoms with Gasteiger partial charge in [-0.25, -0.2) is 4.98 Å². The van der Waals surface area contributed by atoms with E-state index in [4.69, 9.17) is 10.5 Å². The Labute approximate surface area is 98.9 Å². The van der Waals surface area contributed by atoms with Crippen molar-refractivity contribution in [1.82, 2.24) is 4.98 Å². The molecule has 4 heteroatoms. The molecule has 0 aliphatic heterocycles. The van der Waals surface area contributed by atoms with Crippen LogP contribution in [0.4, 0.5) is 5.00 Å². The van der Waals surface area contributed by atoms with Gasteiger partial charge in [-0.05, 0) is 30.7 Å². The summed E-state index contributed by atoms with van der Waals surface area (Å²) in [5.41, 5.74) is 7.86. The number of aromatic nitrogens is 1. The molecule has 0 fully saturated rings. The van der Waals surface area contributed by atoms with Crippen LogP contribution in [0.2, 0.25) is 0 Å². The highest BCUT2D eigenvalue weighted by atomic mass is 32.1. The third kappa shape index (κ3) is 2.02. The Morgan fingerprint density at radius 2 is 2.00 bits per heavy atom. The van der Waals surface area contributed by atoms with Gasteiger partial charge in [0.15, 0.2) is 0 Å². The highest BCUT2D eigenvalue weighted by Gasteiger charge is 2.09. The van der Waals surface area contributed by atoms with Crippen LogP contribution in [-0.4, -0.2) is 12.1 Å². The van der Waals surface area contributed by atoms with Crippen molar-refractivity contribution >= 4 is 16.3 Å². The van der Waals surface area contributed by atoms with E-state index in [1.165, 1.54) is 0 Å². The summed E-state index contributed by atoms with van der Waals surface area (Å²) in [7, 11) is 1.65. The summed E-state index contributed by atoms with van der Waals surface area (Å²) in [5.74, 6) is 0.841. The molecule has 0 aliphatic carbocycles. The Kier molecular flexibility index (Phi) is 3.10. The second-order valence-corrected chi connectivity index (χ2v) is 4.52. The number of hydrogen-bond donors (Lipinski definition) is 1. The van der Waals surface area contributed by atoms with Crippen molar-refractivity contribution in [3.8, 4) is 17.0 Å². The van der Waals surface area contributed by atoms with Gasteiger partial charge in [-0.1, -0.05) is 6.92 Å². The summed E-state index contributed by atoms with van der Waals surface area (Å²) in [6, 6.07) is 7.78. The minimum absolute atomic E-state index is 0.780. The van der Waals surface area contributed by atoms with Gasteiger partial charge in [0.2, 0.25) is 0 Å². The van der Waals surface area contributed by atoms with Crippen LogP contribution < -0.4 is 10.5 Å². The molecule has 0 unspecified atom stereocenters. The zero-order valence-corrected chi connectivity index (χ0v) is 10.2. The Balaban J connectivity index is 2.38. The topological polar surface area (TPSA) is 48.1 Å². The molecule has 0 atom stereocenters. The van der Waals surface area contributed by atoms with E-state index < -0.39 is 0 Å². The molecule has 1 aromatic carbocycles. The van der Waals surface area contributed by atoms with Crippen molar-refractivity contribution in [2.45, 2.75) is 13.3 Å². The maximum Gasteiger partial charge on any atom is 0.118 e. The molecular weight excluding hydrogens is 220 g/mol. The summed E-state index contributed by atoms with van der Waals surface area (Å²) in [6.07, 6.45) is 0.922. The summed E-state index contributed by atoms with van der Waals surface area (Å²) in [4.78, 5) is 4.51. The molecule has 2 N–H and O–H groups in total. The number of ether oxygens (including phenoxy) is 1. The van der Waals surface area contributed by atoms with Crippen molar-refractivity contribution in [3.63, 3.8) is 0 Å². The number of nitrogens with zero attached hydrogens (tertiary/aromatic N) is 1. The molecule has 0 spiro atoms. The molecule has 0 amide bonds. The quantitative estimate of drug-likeness (QED) is 0.888. The highest BCUT2D eigenvalue weighted by molar-refractivity contribution is 7.16. The van der Waals surface area contributed by atoms with Gasteiger partial charge in [-0.15, -0.1) is 11.3 Å². The smallest absolute Gasteiger partial charge is 0.118 e. The van der Waals surface area contributed by atoms with Crippen molar-refractivity contribution in [2.24, 2.45) is 0 Å². The van der Waals surface area contributed by atoms with Crippen molar-refractivity contribution in [3.05, 3.63) is 29.3 Å². The number of nitrogen functional groups attached to an aromatic ring is 1. The Bertz CT molecular complexity index is 476. The van der Waals surface area contributed by atoms with Crippen LogP contribution in [0, 0.1) is 0 Å². The lowest BCUT2D eigenvalue weighted by molar-refractivity contribution is 0.415. The number of anilines is 1. The Hall–Kier alpha value is -1.55. The zero-order valence-electron chi connectivity index (χ0n) is 9.36. The summed E-state index contributed by atoms with van der Waals surface area (Å²) >= 11 is 1.55. The van der Waals surface area contributed by atoms with Crippen LogP contribution in [-0.2, 0) is 6.42 Å². The van der Waals surface area contributed by atoms with Crippen molar-refractivity contribution in [2.75, 3.05) is 12.8 Å². The fourth-order valence-corrected chi connectivity index (χ4v) is 2.28. The predicted molar refractivity (Wildman–Crippen MR) is 67.9 cm³/mol. The molecule has 1 aromatic heterocycles. The average Bonchev–Trinajstić information content (AvgIpc) is 2.71. The molecule has 0 saturated carbocycles. The molecule has 3 nitrogen and oxygen atoms in total. The number of rotatable bonds is 3. The molecular formula is C12H14N2OS. The lowest BCUT2D eigenvalue weighted by Gasteiger charge is -2.01. The maximum absolute atomic E-state index is 5.94. The second-order valence-electron chi connectivity index (χ2n) is 3.40. The number of thiazole rings is 1. The van der Waals surface area contributed by atoms with Gasteiger partial charge in [-0.3, -0.25) is 0 Å². The van der Waals surface area contributed by atoms with Gasteiger partial charge in [-0.2, -0.15) is 0 Å². The van der Waals surface area contributed by atoms with E-state index >= 15 is 0 Å². The van der Waals surface area contributed by atoms with Gasteiger partial charge in [0.05, 0.1) is 12.1 Å². The first-order valence-electron chi connectivity index (χ1n) is 5.14. The summed E-state index contributed by atoms with van der Waals surface area (Å²) in [5, 5.41) is 1.85. The van der Waals surface area contributed by atoms with Crippen LogP contribution >= 0.6 is 11.3 Å². The third-order valence-electron chi connectivity index (χ3n) is 2.36.